The van der Waals surface area contributed by atoms with Gasteiger partial charge in [0.2, 0.25) is 0 Å². The quantitative estimate of drug-likeness (QED) is 0.624. The molecule has 5 heteroatoms. The van der Waals surface area contributed by atoms with E-state index in [1.807, 2.05) is 6.92 Å². The number of H-pyrrole nitrogens is 2. The van der Waals surface area contributed by atoms with Gasteiger partial charge in [-0.05, 0) is 6.42 Å². The van der Waals surface area contributed by atoms with Crippen LogP contribution in [0.5, 0.6) is 0 Å². The van der Waals surface area contributed by atoms with Crippen molar-refractivity contribution in [3.63, 3.8) is 0 Å². The summed E-state index contributed by atoms with van der Waals surface area (Å²) in [5, 5.41) is 9.45. The van der Waals surface area contributed by atoms with E-state index in [9.17, 15) is 14.7 Å². The summed E-state index contributed by atoms with van der Waals surface area (Å²) in [7, 11) is 0. The lowest BCUT2D eigenvalue weighted by atomic mass is 10.1. The third kappa shape index (κ3) is 2.85. The number of rotatable bonds is 4. The van der Waals surface area contributed by atoms with E-state index in [4.69, 9.17) is 0 Å². The molecule has 0 aliphatic carbocycles. The van der Waals surface area contributed by atoms with Gasteiger partial charge >= 0.3 is 5.69 Å². The van der Waals surface area contributed by atoms with E-state index in [0.29, 0.717) is 12.0 Å². The molecule has 0 spiro atoms. The standard InChI is InChI=1S/C9H14N2O3/c1-2-3-7(12)4-6-5-10-9(14)11-8(6)13/h5,7,12H,2-4H2,1H3,(H2,10,11,13,14)/t7-/m0/s1. The largest absolute Gasteiger partial charge is 0.393 e. The van der Waals surface area contributed by atoms with Gasteiger partial charge in [0.1, 0.15) is 0 Å². The molecular formula is C9H14N2O3. The molecule has 1 heterocycles. The molecule has 0 saturated heterocycles. The Labute approximate surface area is 80.8 Å². The Morgan fingerprint density at radius 2 is 2.21 bits per heavy atom. The van der Waals surface area contributed by atoms with Crippen LogP contribution in [-0.4, -0.2) is 21.2 Å². The molecule has 0 radical (unpaired) electrons. The molecule has 0 fully saturated rings. The lowest BCUT2D eigenvalue weighted by Gasteiger charge is -2.07. The molecule has 0 aliphatic heterocycles. The summed E-state index contributed by atoms with van der Waals surface area (Å²) in [4.78, 5) is 26.3. The lowest BCUT2D eigenvalue weighted by molar-refractivity contribution is 0.163. The van der Waals surface area contributed by atoms with Gasteiger partial charge < -0.3 is 10.1 Å². The van der Waals surface area contributed by atoms with Crippen LogP contribution in [-0.2, 0) is 6.42 Å². The van der Waals surface area contributed by atoms with Gasteiger partial charge in [-0.25, -0.2) is 4.79 Å². The number of aliphatic hydroxyl groups excluding tert-OH is 1. The van der Waals surface area contributed by atoms with Gasteiger partial charge in [0.05, 0.1) is 6.10 Å². The second kappa shape index (κ2) is 4.76. The van der Waals surface area contributed by atoms with Crippen LogP contribution in [0.3, 0.4) is 0 Å². The zero-order chi connectivity index (χ0) is 10.6. The minimum absolute atomic E-state index is 0.278. The van der Waals surface area contributed by atoms with Crippen molar-refractivity contribution in [1.29, 1.82) is 0 Å². The maximum absolute atomic E-state index is 11.2. The first kappa shape index (κ1) is 10.7. The summed E-state index contributed by atoms with van der Waals surface area (Å²) in [5.74, 6) is 0. The molecule has 0 amide bonds. The minimum atomic E-state index is -0.524. The number of aromatic amines is 2. The maximum atomic E-state index is 11.2. The van der Waals surface area contributed by atoms with E-state index < -0.39 is 17.4 Å². The zero-order valence-electron chi connectivity index (χ0n) is 8.04. The fourth-order valence-corrected chi connectivity index (χ4v) is 1.28. The van der Waals surface area contributed by atoms with Gasteiger partial charge in [-0.3, -0.25) is 9.78 Å². The molecule has 1 atom stereocenters. The number of aromatic nitrogens is 2. The molecule has 0 saturated carbocycles. The molecule has 0 aliphatic rings. The van der Waals surface area contributed by atoms with Crippen LogP contribution in [0, 0.1) is 0 Å². The third-order valence-electron chi connectivity index (χ3n) is 1.97. The summed E-state index contributed by atoms with van der Waals surface area (Å²) >= 11 is 0. The Balaban J connectivity index is 2.77. The van der Waals surface area contributed by atoms with Crippen LogP contribution in [0.2, 0.25) is 0 Å². The molecular weight excluding hydrogens is 184 g/mol. The number of aliphatic hydroxyl groups is 1. The van der Waals surface area contributed by atoms with Crippen LogP contribution in [0.25, 0.3) is 0 Å². The van der Waals surface area contributed by atoms with Crippen molar-refractivity contribution in [1.82, 2.24) is 9.97 Å². The predicted molar refractivity (Wildman–Crippen MR) is 52.3 cm³/mol. The van der Waals surface area contributed by atoms with Crippen molar-refractivity contribution < 1.29 is 5.11 Å². The van der Waals surface area contributed by atoms with Crippen LogP contribution in [0.1, 0.15) is 25.3 Å². The summed E-state index contributed by atoms with van der Waals surface area (Å²) < 4.78 is 0. The molecule has 0 aromatic carbocycles. The molecule has 5 nitrogen and oxygen atoms in total. The molecule has 1 aromatic heterocycles. The smallest absolute Gasteiger partial charge is 0.325 e. The Hall–Kier alpha value is -1.36. The van der Waals surface area contributed by atoms with E-state index in [2.05, 4.69) is 9.97 Å². The molecule has 0 bridgehead atoms. The van der Waals surface area contributed by atoms with E-state index in [1.165, 1.54) is 6.20 Å². The highest BCUT2D eigenvalue weighted by molar-refractivity contribution is 5.04. The monoisotopic (exact) mass is 198 g/mol. The Morgan fingerprint density at radius 3 is 2.79 bits per heavy atom. The van der Waals surface area contributed by atoms with Crippen LogP contribution < -0.4 is 11.2 Å². The van der Waals surface area contributed by atoms with Gasteiger partial charge in [0.25, 0.3) is 5.56 Å². The summed E-state index contributed by atoms with van der Waals surface area (Å²) in [6.45, 7) is 1.96. The van der Waals surface area contributed by atoms with Crippen LogP contribution in [0.15, 0.2) is 15.8 Å². The summed E-state index contributed by atoms with van der Waals surface area (Å²) in [5.41, 5.74) is -0.543. The first-order valence-electron chi connectivity index (χ1n) is 4.62. The summed E-state index contributed by atoms with van der Waals surface area (Å²) in [6.07, 6.45) is 2.62. The van der Waals surface area contributed by atoms with Crippen molar-refractivity contribution >= 4 is 0 Å². The van der Waals surface area contributed by atoms with Crippen molar-refractivity contribution in [3.8, 4) is 0 Å². The second-order valence-corrected chi connectivity index (χ2v) is 3.24. The average molecular weight is 198 g/mol. The first-order chi connectivity index (χ1) is 6.63. The van der Waals surface area contributed by atoms with Gasteiger partial charge in [0.15, 0.2) is 0 Å². The maximum Gasteiger partial charge on any atom is 0.325 e. The van der Waals surface area contributed by atoms with Crippen LogP contribution in [0.4, 0.5) is 0 Å². The fraction of sp³-hybridized carbons (Fsp3) is 0.556. The Bertz CT molecular complexity index is 394. The third-order valence-corrected chi connectivity index (χ3v) is 1.97. The SMILES string of the molecule is CCC[C@H](O)Cc1c[nH]c(=O)[nH]c1=O. The van der Waals surface area contributed by atoms with Crippen molar-refractivity contribution in [2.75, 3.05) is 0 Å². The predicted octanol–water partition coefficient (Wildman–Crippen LogP) is -0.233. The van der Waals surface area contributed by atoms with Crippen molar-refractivity contribution in [2.45, 2.75) is 32.3 Å². The van der Waals surface area contributed by atoms with Crippen molar-refractivity contribution in [3.05, 3.63) is 32.6 Å². The highest BCUT2D eigenvalue weighted by Gasteiger charge is 2.07. The second-order valence-electron chi connectivity index (χ2n) is 3.24. The highest BCUT2D eigenvalue weighted by Crippen LogP contribution is 2.01. The van der Waals surface area contributed by atoms with E-state index in [1.54, 1.807) is 0 Å². The van der Waals surface area contributed by atoms with Crippen molar-refractivity contribution in [2.24, 2.45) is 0 Å². The number of hydrogen-bond donors (Lipinski definition) is 3. The first-order valence-corrected chi connectivity index (χ1v) is 4.62. The molecule has 1 aromatic rings. The van der Waals surface area contributed by atoms with Crippen LogP contribution >= 0.6 is 0 Å². The lowest BCUT2D eigenvalue weighted by Crippen LogP contribution is -2.27. The van der Waals surface area contributed by atoms with E-state index >= 15 is 0 Å². The molecule has 1 rings (SSSR count). The number of nitrogens with one attached hydrogen (secondary N) is 2. The topological polar surface area (TPSA) is 85.9 Å². The molecule has 3 N–H and O–H groups in total. The fourth-order valence-electron chi connectivity index (χ4n) is 1.28. The van der Waals surface area contributed by atoms with E-state index in [-0.39, 0.29) is 6.42 Å². The zero-order valence-corrected chi connectivity index (χ0v) is 8.04. The number of hydrogen-bond acceptors (Lipinski definition) is 3. The molecule has 14 heavy (non-hydrogen) atoms. The molecule has 78 valence electrons. The van der Waals surface area contributed by atoms with Gasteiger partial charge in [0, 0.05) is 18.2 Å². The Kier molecular flexibility index (Phi) is 3.64. The van der Waals surface area contributed by atoms with Gasteiger partial charge in [-0.1, -0.05) is 13.3 Å². The Morgan fingerprint density at radius 1 is 1.50 bits per heavy atom. The normalized spacial score (nSPS) is 12.7. The highest BCUT2D eigenvalue weighted by atomic mass is 16.3. The minimum Gasteiger partial charge on any atom is -0.393 e. The summed E-state index contributed by atoms with van der Waals surface area (Å²) in [6, 6.07) is 0. The van der Waals surface area contributed by atoms with Gasteiger partial charge in [-0.2, -0.15) is 0 Å². The molecule has 0 unspecified atom stereocenters. The van der Waals surface area contributed by atoms with E-state index in [0.717, 1.165) is 6.42 Å². The van der Waals surface area contributed by atoms with Gasteiger partial charge in [-0.15, -0.1) is 0 Å². The average Bonchev–Trinajstić information content (AvgIpc) is 2.10.